The van der Waals surface area contributed by atoms with Crippen molar-refractivity contribution >= 4 is 0 Å². The molecule has 12 heavy (non-hydrogen) atoms. The number of aliphatic hydroxyl groups excluding tert-OH is 1. The monoisotopic (exact) mass is 173 g/mol. The summed E-state index contributed by atoms with van der Waals surface area (Å²) in [6, 6.07) is 0. The molecule has 1 rings (SSSR count). The van der Waals surface area contributed by atoms with Crippen molar-refractivity contribution in [3.63, 3.8) is 0 Å². The summed E-state index contributed by atoms with van der Waals surface area (Å²) in [7, 11) is 1.73. The van der Waals surface area contributed by atoms with Crippen LogP contribution in [0.5, 0.6) is 0 Å². The van der Waals surface area contributed by atoms with Crippen molar-refractivity contribution in [2.45, 2.75) is 12.8 Å². The van der Waals surface area contributed by atoms with Crippen LogP contribution in [0.3, 0.4) is 0 Å². The molecule has 0 spiro atoms. The highest BCUT2D eigenvalue weighted by molar-refractivity contribution is 4.71. The summed E-state index contributed by atoms with van der Waals surface area (Å²) >= 11 is 0. The van der Waals surface area contributed by atoms with E-state index >= 15 is 0 Å². The summed E-state index contributed by atoms with van der Waals surface area (Å²) in [5.74, 6) is 0.496. The van der Waals surface area contributed by atoms with Crippen LogP contribution < -0.4 is 0 Å². The van der Waals surface area contributed by atoms with Crippen molar-refractivity contribution in [3.8, 4) is 0 Å². The summed E-state index contributed by atoms with van der Waals surface area (Å²) in [5, 5.41) is 8.98. The largest absolute Gasteiger partial charge is 0.396 e. The van der Waals surface area contributed by atoms with Crippen LogP contribution in [0, 0.1) is 5.92 Å². The first-order chi connectivity index (χ1) is 5.86. The van der Waals surface area contributed by atoms with E-state index in [1.54, 1.807) is 7.11 Å². The van der Waals surface area contributed by atoms with Gasteiger partial charge in [-0.05, 0) is 25.3 Å². The molecule has 1 aliphatic rings. The second kappa shape index (κ2) is 5.51. The van der Waals surface area contributed by atoms with Crippen molar-refractivity contribution in [3.05, 3.63) is 0 Å². The molecule has 1 N–H and O–H groups in total. The number of likely N-dealkylation sites (tertiary alicyclic amines) is 1. The highest BCUT2D eigenvalue weighted by Crippen LogP contribution is 2.14. The number of hydrogen-bond acceptors (Lipinski definition) is 3. The quantitative estimate of drug-likeness (QED) is 0.665. The van der Waals surface area contributed by atoms with E-state index in [9.17, 15) is 0 Å². The number of ether oxygens (including phenoxy) is 1. The van der Waals surface area contributed by atoms with Crippen molar-refractivity contribution in [1.82, 2.24) is 4.90 Å². The van der Waals surface area contributed by atoms with Gasteiger partial charge in [0.1, 0.15) is 0 Å². The number of nitrogens with zero attached hydrogens (tertiary/aromatic N) is 1. The molecule has 1 saturated heterocycles. The molecule has 0 aromatic heterocycles. The van der Waals surface area contributed by atoms with E-state index in [1.807, 2.05) is 0 Å². The van der Waals surface area contributed by atoms with Gasteiger partial charge in [0.2, 0.25) is 0 Å². The molecule has 0 aromatic rings. The molecule has 3 nitrogen and oxygen atoms in total. The number of aliphatic hydroxyl groups is 1. The number of rotatable bonds is 4. The van der Waals surface area contributed by atoms with Gasteiger partial charge < -0.3 is 14.7 Å². The Hall–Kier alpha value is -0.120. The molecular weight excluding hydrogens is 154 g/mol. The Labute approximate surface area is 74.3 Å². The molecule has 0 amide bonds. The molecule has 1 aliphatic heterocycles. The number of methoxy groups -OCH3 is 1. The lowest BCUT2D eigenvalue weighted by atomic mass is 9.99. The molecule has 0 saturated carbocycles. The van der Waals surface area contributed by atoms with Crippen molar-refractivity contribution < 1.29 is 9.84 Å². The molecule has 1 fully saturated rings. The summed E-state index contributed by atoms with van der Waals surface area (Å²) in [5.41, 5.74) is 0. The minimum atomic E-state index is 0.337. The SMILES string of the molecule is COCCN1CCCC(CO)C1. The Balaban J connectivity index is 2.16. The Kier molecular flexibility index (Phi) is 4.58. The zero-order valence-electron chi connectivity index (χ0n) is 7.83. The first kappa shape index (κ1) is 9.96. The van der Waals surface area contributed by atoms with Crippen LogP contribution in [0.4, 0.5) is 0 Å². The zero-order valence-corrected chi connectivity index (χ0v) is 7.83. The van der Waals surface area contributed by atoms with Crippen LogP contribution in [-0.4, -0.2) is 50.0 Å². The minimum absolute atomic E-state index is 0.337. The first-order valence-corrected chi connectivity index (χ1v) is 4.69. The minimum Gasteiger partial charge on any atom is -0.396 e. The molecule has 1 heterocycles. The predicted molar refractivity (Wildman–Crippen MR) is 48.1 cm³/mol. The highest BCUT2D eigenvalue weighted by atomic mass is 16.5. The van der Waals surface area contributed by atoms with E-state index in [0.29, 0.717) is 12.5 Å². The Morgan fingerprint density at radius 1 is 1.58 bits per heavy atom. The molecule has 0 radical (unpaired) electrons. The first-order valence-electron chi connectivity index (χ1n) is 4.69. The van der Waals surface area contributed by atoms with Gasteiger partial charge in [-0.15, -0.1) is 0 Å². The molecule has 3 heteroatoms. The van der Waals surface area contributed by atoms with E-state index in [0.717, 1.165) is 19.7 Å². The molecule has 0 aliphatic carbocycles. The topological polar surface area (TPSA) is 32.7 Å². The summed E-state index contributed by atoms with van der Waals surface area (Å²) in [4.78, 5) is 2.37. The van der Waals surface area contributed by atoms with Crippen LogP contribution >= 0.6 is 0 Å². The summed E-state index contributed by atoms with van der Waals surface area (Å²) < 4.78 is 5.01. The maximum Gasteiger partial charge on any atom is 0.0589 e. The van der Waals surface area contributed by atoms with Gasteiger partial charge in [-0.1, -0.05) is 0 Å². The van der Waals surface area contributed by atoms with Gasteiger partial charge >= 0.3 is 0 Å². The maximum atomic E-state index is 8.98. The van der Waals surface area contributed by atoms with Crippen LogP contribution in [0.2, 0.25) is 0 Å². The van der Waals surface area contributed by atoms with Gasteiger partial charge in [0, 0.05) is 26.8 Å². The average molecular weight is 173 g/mol. The lowest BCUT2D eigenvalue weighted by Gasteiger charge is -2.31. The van der Waals surface area contributed by atoms with E-state index in [1.165, 1.54) is 19.4 Å². The molecule has 72 valence electrons. The molecule has 0 aromatic carbocycles. The van der Waals surface area contributed by atoms with Crippen LogP contribution in [0.25, 0.3) is 0 Å². The van der Waals surface area contributed by atoms with Crippen molar-refractivity contribution in [1.29, 1.82) is 0 Å². The molecule has 1 unspecified atom stereocenters. The van der Waals surface area contributed by atoms with Gasteiger partial charge in [-0.2, -0.15) is 0 Å². The van der Waals surface area contributed by atoms with E-state index < -0.39 is 0 Å². The predicted octanol–water partition coefficient (Wildman–Crippen LogP) is 0.337. The van der Waals surface area contributed by atoms with E-state index in [2.05, 4.69) is 4.90 Å². The van der Waals surface area contributed by atoms with Crippen molar-refractivity contribution in [2.75, 3.05) is 40.0 Å². The smallest absolute Gasteiger partial charge is 0.0589 e. The highest BCUT2D eigenvalue weighted by Gasteiger charge is 2.18. The Morgan fingerprint density at radius 3 is 3.08 bits per heavy atom. The Bertz CT molecular complexity index is 119. The maximum absolute atomic E-state index is 8.98. The van der Waals surface area contributed by atoms with Crippen molar-refractivity contribution in [2.24, 2.45) is 5.92 Å². The second-order valence-electron chi connectivity index (χ2n) is 3.48. The van der Waals surface area contributed by atoms with Gasteiger partial charge in [-0.25, -0.2) is 0 Å². The number of hydrogen-bond donors (Lipinski definition) is 1. The van der Waals surface area contributed by atoms with E-state index in [4.69, 9.17) is 9.84 Å². The third kappa shape index (κ3) is 3.09. The lowest BCUT2D eigenvalue weighted by Crippen LogP contribution is -2.38. The second-order valence-corrected chi connectivity index (χ2v) is 3.48. The van der Waals surface area contributed by atoms with Crippen LogP contribution in [-0.2, 0) is 4.74 Å². The molecular formula is C9H19NO2. The summed E-state index contributed by atoms with van der Waals surface area (Å²) in [6.07, 6.45) is 2.40. The number of piperidine rings is 1. The van der Waals surface area contributed by atoms with E-state index in [-0.39, 0.29) is 0 Å². The van der Waals surface area contributed by atoms with Gasteiger partial charge in [0.05, 0.1) is 6.61 Å². The molecule has 1 atom stereocenters. The third-order valence-corrected chi connectivity index (χ3v) is 2.47. The van der Waals surface area contributed by atoms with Gasteiger partial charge in [0.15, 0.2) is 0 Å². The summed E-state index contributed by atoms with van der Waals surface area (Å²) in [6.45, 7) is 4.36. The lowest BCUT2D eigenvalue weighted by molar-refractivity contribution is 0.0906. The normalized spacial score (nSPS) is 26.0. The fraction of sp³-hybridized carbons (Fsp3) is 1.00. The van der Waals surface area contributed by atoms with Gasteiger partial charge in [-0.3, -0.25) is 0 Å². The Morgan fingerprint density at radius 2 is 2.42 bits per heavy atom. The standard InChI is InChI=1S/C9H19NO2/c1-12-6-5-10-4-2-3-9(7-10)8-11/h9,11H,2-8H2,1H3. The fourth-order valence-corrected chi connectivity index (χ4v) is 1.72. The third-order valence-electron chi connectivity index (χ3n) is 2.47. The average Bonchev–Trinajstić information content (AvgIpc) is 2.15. The molecule has 0 bridgehead atoms. The fourth-order valence-electron chi connectivity index (χ4n) is 1.72. The van der Waals surface area contributed by atoms with Crippen LogP contribution in [0.1, 0.15) is 12.8 Å². The van der Waals surface area contributed by atoms with Crippen LogP contribution in [0.15, 0.2) is 0 Å². The zero-order chi connectivity index (χ0) is 8.81. The van der Waals surface area contributed by atoms with Gasteiger partial charge in [0.25, 0.3) is 0 Å².